The molecule has 0 saturated heterocycles. The summed E-state index contributed by atoms with van der Waals surface area (Å²) < 4.78 is 33.9. The molecule has 2 aromatic rings. The maximum absolute atomic E-state index is 13.7. The van der Waals surface area contributed by atoms with Crippen molar-refractivity contribution in [2.75, 3.05) is 13.1 Å². The van der Waals surface area contributed by atoms with Crippen molar-refractivity contribution in [3.05, 3.63) is 60.2 Å². The van der Waals surface area contributed by atoms with Crippen LogP contribution in [0.25, 0.3) is 0 Å². The van der Waals surface area contributed by atoms with E-state index in [1.807, 2.05) is 37.3 Å². The Morgan fingerprint density at radius 1 is 1.11 bits per heavy atom. The fraction of sp³-hybridized carbons (Fsp3) is 0.500. The predicted molar refractivity (Wildman–Crippen MR) is 145 cm³/mol. The fourth-order valence-electron chi connectivity index (χ4n) is 3.97. The molecule has 0 saturated carbocycles. The van der Waals surface area contributed by atoms with Crippen molar-refractivity contribution < 1.29 is 28.2 Å². The molecule has 2 aromatic carbocycles. The van der Waals surface area contributed by atoms with E-state index in [4.69, 9.17) is 10.00 Å². The second-order valence-corrected chi connectivity index (χ2v) is 12.2. The maximum atomic E-state index is 13.7. The number of alkyl carbamates (subject to hydrolysis) is 1. The molecular weight excluding hydrogens is 506 g/mol. The van der Waals surface area contributed by atoms with Crippen molar-refractivity contribution in [1.29, 1.82) is 5.26 Å². The molecule has 2 rings (SSSR count). The number of nitriles is 1. The summed E-state index contributed by atoms with van der Waals surface area (Å²) in [7, 11) is -4.07. The molecule has 9 nitrogen and oxygen atoms in total. The number of amides is 1. The predicted octanol–water partition coefficient (Wildman–Crippen LogP) is 4.21. The standard InChI is InChI=1S/C28H39N3O6S/c1-5-21(12-9-17-29)19-31(38(35,36)24-15-13-23(32)14-16-24)20-26(33)25(18-22-10-7-6-8-11-22)30-27(34)37-28(2,3)4/h6-8,10-11,13-16,21,25-26,32-33H,5,9,12,18-20H2,1-4H3,(H,30,34)/t21?,25-,26+/m0/s1. The first kappa shape index (κ1) is 31.1. The Morgan fingerprint density at radius 2 is 1.74 bits per heavy atom. The van der Waals surface area contributed by atoms with Gasteiger partial charge in [-0.25, -0.2) is 13.2 Å². The number of nitrogens with zero attached hydrogens (tertiary/aromatic N) is 2. The number of aromatic hydroxyl groups is 1. The molecule has 0 aliphatic heterocycles. The van der Waals surface area contributed by atoms with Crippen molar-refractivity contribution in [1.82, 2.24) is 9.62 Å². The summed E-state index contributed by atoms with van der Waals surface area (Å²) in [5.74, 6) is -0.180. The molecule has 10 heteroatoms. The molecule has 0 spiro atoms. The van der Waals surface area contributed by atoms with Crippen LogP contribution in [-0.2, 0) is 21.2 Å². The van der Waals surface area contributed by atoms with Gasteiger partial charge in [-0.1, -0.05) is 43.7 Å². The average molecular weight is 546 g/mol. The highest BCUT2D eigenvalue weighted by Crippen LogP contribution is 2.23. The third kappa shape index (κ3) is 9.97. The van der Waals surface area contributed by atoms with Gasteiger partial charge in [-0.2, -0.15) is 9.57 Å². The van der Waals surface area contributed by atoms with Crippen LogP contribution in [0, 0.1) is 17.2 Å². The number of phenols is 1. The van der Waals surface area contributed by atoms with Crippen molar-refractivity contribution in [2.24, 2.45) is 5.92 Å². The Morgan fingerprint density at radius 3 is 2.29 bits per heavy atom. The molecule has 0 aliphatic carbocycles. The first-order valence-corrected chi connectivity index (χ1v) is 14.2. The van der Waals surface area contributed by atoms with Gasteiger partial charge in [0.1, 0.15) is 11.4 Å². The molecule has 1 amide bonds. The van der Waals surface area contributed by atoms with E-state index in [0.29, 0.717) is 12.8 Å². The lowest BCUT2D eigenvalue weighted by atomic mass is 9.99. The summed E-state index contributed by atoms with van der Waals surface area (Å²) in [4.78, 5) is 12.6. The number of nitrogens with one attached hydrogen (secondary N) is 1. The number of benzene rings is 2. The van der Waals surface area contributed by atoms with Crippen LogP contribution in [0.3, 0.4) is 0 Å². The molecule has 0 radical (unpaired) electrons. The summed E-state index contributed by atoms with van der Waals surface area (Å²) in [6, 6.07) is 15.7. The lowest BCUT2D eigenvalue weighted by Crippen LogP contribution is -2.52. The minimum Gasteiger partial charge on any atom is -0.508 e. The smallest absolute Gasteiger partial charge is 0.407 e. The van der Waals surface area contributed by atoms with E-state index in [9.17, 15) is 23.4 Å². The Hall–Kier alpha value is -3.13. The minimum atomic E-state index is -4.07. The number of rotatable bonds is 13. The summed E-state index contributed by atoms with van der Waals surface area (Å²) in [6.45, 7) is 6.91. The number of carbonyl (C=O) groups excluding carboxylic acids is 1. The zero-order chi connectivity index (χ0) is 28.3. The molecule has 0 aliphatic rings. The van der Waals surface area contributed by atoms with Gasteiger partial charge in [0.05, 0.1) is 23.1 Å². The summed E-state index contributed by atoms with van der Waals surface area (Å²) in [5, 5.41) is 32.7. The van der Waals surface area contributed by atoms with Gasteiger partial charge in [0.25, 0.3) is 0 Å². The minimum absolute atomic E-state index is 0.0302. The lowest BCUT2D eigenvalue weighted by molar-refractivity contribution is 0.0398. The molecule has 0 heterocycles. The monoisotopic (exact) mass is 545 g/mol. The van der Waals surface area contributed by atoms with Crippen molar-refractivity contribution in [3.8, 4) is 11.8 Å². The number of sulfonamides is 1. The highest BCUT2D eigenvalue weighted by molar-refractivity contribution is 7.89. The maximum Gasteiger partial charge on any atom is 0.407 e. The Balaban J connectivity index is 2.38. The molecule has 3 N–H and O–H groups in total. The molecular formula is C28H39N3O6S. The zero-order valence-electron chi connectivity index (χ0n) is 22.5. The summed E-state index contributed by atoms with van der Waals surface area (Å²) in [6.07, 6.45) is -0.309. The quantitative estimate of drug-likeness (QED) is 0.342. The largest absolute Gasteiger partial charge is 0.508 e. The SMILES string of the molecule is CCC(CCC#N)CN(C[C@@H](O)[C@H](Cc1ccccc1)NC(=O)OC(C)(C)C)S(=O)(=O)c1ccc(O)cc1. The van der Waals surface area contributed by atoms with Crippen molar-refractivity contribution in [2.45, 2.75) is 76.0 Å². The molecule has 0 aromatic heterocycles. The summed E-state index contributed by atoms with van der Waals surface area (Å²) in [5.41, 5.74) is 0.0939. The third-order valence-corrected chi connectivity index (χ3v) is 7.88. The number of carbonyl (C=O) groups is 1. The number of hydrogen-bond donors (Lipinski definition) is 3. The Kier molecular flexibility index (Phi) is 11.6. The van der Waals surface area contributed by atoms with Crippen LogP contribution in [0.1, 0.15) is 52.5 Å². The summed E-state index contributed by atoms with van der Waals surface area (Å²) >= 11 is 0. The highest BCUT2D eigenvalue weighted by atomic mass is 32.2. The normalized spacial score (nSPS) is 14.3. The topological polar surface area (TPSA) is 140 Å². The van der Waals surface area contributed by atoms with Gasteiger partial charge in [-0.3, -0.25) is 0 Å². The highest BCUT2D eigenvalue weighted by Gasteiger charge is 2.33. The number of phenolic OH excluding ortho intramolecular Hbond substituents is 1. The molecule has 38 heavy (non-hydrogen) atoms. The van der Waals surface area contributed by atoms with Crippen molar-refractivity contribution >= 4 is 16.1 Å². The van der Waals surface area contributed by atoms with Gasteiger partial charge in [0.2, 0.25) is 10.0 Å². The molecule has 3 atom stereocenters. The van der Waals surface area contributed by atoms with E-state index in [1.165, 1.54) is 28.6 Å². The molecule has 1 unspecified atom stereocenters. The van der Waals surface area contributed by atoms with Gasteiger partial charge < -0.3 is 20.3 Å². The van der Waals surface area contributed by atoms with Gasteiger partial charge >= 0.3 is 6.09 Å². The van der Waals surface area contributed by atoms with Crippen LogP contribution < -0.4 is 5.32 Å². The lowest BCUT2D eigenvalue weighted by Gasteiger charge is -2.32. The number of aliphatic hydroxyl groups is 1. The van der Waals surface area contributed by atoms with E-state index >= 15 is 0 Å². The first-order valence-electron chi connectivity index (χ1n) is 12.7. The van der Waals surface area contributed by atoms with E-state index in [-0.39, 0.29) is 42.5 Å². The van der Waals surface area contributed by atoms with E-state index < -0.39 is 33.9 Å². The van der Waals surface area contributed by atoms with Gasteiger partial charge in [0, 0.05) is 19.5 Å². The Labute approximate surface area is 226 Å². The van der Waals surface area contributed by atoms with Crippen LogP contribution in [0.4, 0.5) is 4.79 Å². The number of ether oxygens (including phenoxy) is 1. The van der Waals surface area contributed by atoms with Crippen LogP contribution >= 0.6 is 0 Å². The van der Waals surface area contributed by atoms with Gasteiger partial charge in [0.15, 0.2) is 0 Å². The van der Waals surface area contributed by atoms with Gasteiger partial charge in [-0.05, 0) is 69.4 Å². The van der Waals surface area contributed by atoms with Crippen LogP contribution in [0.5, 0.6) is 5.75 Å². The van der Waals surface area contributed by atoms with Crippen LogP contribution in [0.15, 0.2) is 59.5 Å². The first-order chi connectivity index (χ1) is 17.9. The fourth-order valence-corrected chi connectivity index (χ4v) is 5.50. The molecule has 0 fully saturated rings. The van der Waals surface area contributed by atoms with Crippen LogP contribution in [0.2, 0.25) is 0 Å². The molecule has 0 bridgehead atoms. The van der Waals surface area contributed by atoms with E-state index in [0.717, 1.165) is 5.56 Å². The third-order valence-electron chi connectivity index (χ3n) is 6.03. The van der Waals surface area contributed by atoms with Crippen LogP contribution in [-0.4, -0.2) is 59.9 Å². The molecule has 208 valence electrons. The number of hydrogen-bond acceptors (Lipinski definition) is 7. The van der Waals surface area contributed by atoms with E-state index in [2.05, 4.69) is 11.4 Å². The van der Waals surface area contributed by atoms with Crippen molar-refractivity contribution in [3.63, 3.8) is 0 Å². The zero-order valence-corrected chi connectivity index (χ0v) is 23.3. The Bertz CT molecular complexity index is 1160. The number of aliphatic hydroxyl groups excluding tert-OH is 1. The van der Waals surface area contributed by atoms with Gasteiger partial charge in [-0.15, -0.1) is 0 Å². The van der Waals surface area contributed by atoms with E-state index in [1.54, 1.807) is 20.8 Å². The average Bonchev–Trinajstić information content (AvgIpc) is 2.85. The second-order valence-electron chi connectivity index (χ2n) is 10.3. The second kappa shape index (κ2) is 14.1.